The Balaban J connectivity index is 1.50. The highest BCUT2D eigenvalue weighted by atomic mass is 16.5. The van der Waals surface area contributed by atoms with Crippen molar-refractivity contribution in [2.75, 3.05) is 6.61 Å². The Bertz CT molecular complexity index is 646. The van der Waals surface area contributed by atoms with E-state index in [1.54, 1.807) is 0 Å². The predicted octanol–water partition coefficient (Wildman–Crippen LogP) is 5.23. The molecule has 136 valence electrons. The summed E-state index contributed by atoms with van der Waals surface area (Å²) in [7, 11) is 0. The van der Waals surface area contributed by atoms with Crippen LogP contribution in [0.3, 0.4) is 0 Å². The summed E-state index contributed by atoms with van der Waals surface area (Å²) in [5, 5.41) is 0. The fourth-order valence-electron chi connectivity index (χ4n) is 8.12. The van der Waals surface area contributed by atoms with Crippen LogP contribution in [-0.4, -0.2) is 18.0 Å². The van der Waals surface area contributed by atoms with Crippen molar-refractivity contribution in [3.63, 3.8) is 0 Å². The summed E-state index contributed by atoms with van der Waals surface area (Å²) in [6.07, 6.45) is 13.9. The second-order valence-electron chi connectivity index (χ2n) is 9.42. The zero-order chi connectivity index (χ0) is 17.2. The van der Waals surface area contributed by atoms with E-state index in [2.05, 4.69) is 13.5 Å². The minimum atomic E-state index is -0.00393. The normalized spacial score (nSPS) is 48.9. The second kappa shape index (κ2) is 5.55. The van der Waals surface area contributed by atoms with Crippen LogP contribution < -0.4 is 0 Å². The fourth-order valence-corrected chi connectivity index (χ4v) is 8.12. The molecule has 3 saturated carbocycles. The number of ketones is 1. The monoisotopic (exact) mass is 340 g/mol. The number of hydrogen-bond acceptors (Lipinski definition) is 2. The molecule has 1 aliphatic heterocycles. The molecule has 0 bridgehead atoms. The number of fused-ring (bicyclic) bond motifs is 6. The van der Waals surface area contributed by atoms with Gasteiger partial charge in [-0.1, -0.05) is 19.1 Å². The van der Waals surface area contributed by atoms with Crippen LogP contribution in [0.15, 0.2) is 23.8 Å². The lowest BCUT2D eigenvalue weighted by Crippen LogP contribution is -2.54. The van der Waals surface area contributed by atoms with Crippen LogP contribution >= 0.6 is 0 Å². The van der Waals surface area contributed by atoms with Crippen molar-refractivity contribution in [3.8, 4) is 0 Å². The van der Waals surface area contributed by atoms with Crippen molar-refractivity contribution in [3.05, 3.63) is 23.8 Å². The molecule has 1 spiro atoms. The molecule has 25 heavy (non-hydrogen) atoms. The van der Waals surface area contributed by atoms with E-state index in [0.717, 1.165) is 43.6 Å². The Morgan fingerprint density at radius 1 is 1.12 bits per heavy atom. The first kappa shape index (κ1) is 16.3. The largest absolute Gasteiger partial charge is 0.370 e. The van der Waals surface area contributed by atoms with Gasteiger partial charge in [-0.25, -0.2) is 0 Å². The number of carbonyl (C=O) groups excluding carboxylic acids is 1. The van der Waals surface area contributed by atoms with Crippen LogP contribution in [0.1, 0.15) is 71.1 Å². The van der Waals surface area contributed by atoms with Crippen LogP contribution in [0.4, 0.5) is 0 Å². The zero-order valence-electron chi connectivity index (χ0n) is 15.7. The maximum absolute atomic E-state index is 11.9. The maximum atomic E-state index is 11.9. The van der Waals surface area contributed by atoms with Gasteiger partial charge in [0.1, 0.15) is 0 Å². The van der Waals surface area contributed by atoms with Gasteiger partial charge >= 0.3 is 0 Å². The van der Waals surface area contributed by atoms with Gasteiger partial charge in [0.15, 0.2) is 5.78 Å². The van der Waals surface area contributed by atoms with Crippen molar-refractivity contribution in [1.82, 2.24) is 0 Å². The van der Waals surface area contributed by atoms with Crippen molar-refractivity contribution in [2.45, 2.75) is 76.7 Å². The van der Waals surface area contributed by atoms with Gasteiger partial charge in [0.05, 0.1) is 12.2 Å². The molecular formula is C23H32O2. The molecule has 2 heteroatoms. The van der Waals surface area contributed by atoms with E-state index in [0.29, 0.717) is 17.1 Å². The van der Waals surface area contributed by atoms with Crippen molar-refractivity contribution in [1.29, 1.82) is 0 Å². The smallest absolute Gasteiger partial charge is 0.155 e. The van der Waals surface area contributed by atoms with E-state index in [4.69, 9.17) is 4.74 Å². The molecule has 4 aliphatic carbocycles. The minimum Gasteiger partial charge on any atom is -0.370 e. The van der Waals surface area contributed by atoms with Crippen LogP contribution in [0.5, 0.6) is 0 Å². The van der Waals surface area contributed by atoms with Crippen molar-refractivity contribution in [2.24, 2.45) is 29.1 Å². The Hall–Kier alpha value is -0.890. The average Bonchev–Trinajstić information content (AvgIpc) is 3.17. The summed E-state index contributed by atoms with van der Waals surface area (Å²) < 4.78 is 6.52. The average molecular weight is 341 g/mol. The number of carbonyl (C=O) groups is 1. The third kappa shape index (κ3) is 1.98. The van der Waals surface area contributed by atoms with Gasteiger partial charge in [-0.05, 0) is 93.1 Å². The summed E-state index contributed by atoms with van der Waals surface area (Å²) in [5.41, 5.74) is 3.23. The summed E-state index contributed by atoms with van der Waals surface area (Å²) >= 11 is 0. The van der Waals surface area contributed by atoms with Crippen LogP contribution in [0.25, 0.3) is 0 Å². The highest BCUT2D eigenvalue weighted by molar-refractivity contribution is 5.91. The van der Waals surface area contributed by atoms with E-state index in [1.165, 1.54) is 56.1 Å². The number of ether oxygens (including phenoxy) is 1. The quantitative estimate of drug-likeness (QED) is 0.611. The maximum Gasteiger partial charge on any atom is 0.155 e. The zero-order valence-corrected chi connectivity index (χ0v) is 15.7. The topological polar surface area (TPSA) is 26.3 Å². The first-order valence-corrected chi connectivity index (χ1v) is 10.7. The minimum absolute atomic E-state index is 0.00393. The lowest BCUT2D eigenvalue weighted by Gasteiger charge is -2.57. The molecule has 0 amide bonds. The summed E-state index contributed by atoms with van der Waals surface area (Å²) in [6, 6.07) is 0. The van der Waals surface area contributed by atoms with Crippen molar-refractivity contribution >= 4 is 5.78 Å². The molecular weight excluding hydrogens is 308 g/mol. The van der Waals surface area contributed by atoms with E-state index >= 15 is 0 Å². The Morgan fingerprint density at radius 3 is 2.76 bits per heavy atom. The Kier molecular flexibility index (Phi) is 3.62. The predicted molar refractivity (Wildman–Crippen MR) is 99.2 cm³/mol. The molecule has 6 atom stereocenters. The SMILES string of the molecule is C=C1CCO[C@@]12CC[C@H]1[C@@H]3CCC4=CC(=O)CC[C@@H]4[C@H]3CC[C@@]12CC. The molecule has 0 aromatic rings. The number of allylic oxidation sites excluding steroid dienone is 1. The van der Waals surface area contributed by atoms with Gasteiger partial charge in [0.25, 0.3) is 0 Å². The molecule has 0 aromatic carbocycles. The third-order valence-electron chi connectivity index (χ3n) is 9.07. The molecule has 1 heterocycles. The molecule has 5 aliphatic rings. The van der Waals surface area contributed by atoms with Gasteiger partial charge in [0, 0.05) is 11.8 Å². The molecule has 2 nitrogen and oxygen atoms in total. The van der Waals surface area contributed by atoms with Gasteiger partial charge in [-0.2, -0.15) is 0 Å². The summed E-state index contributed by atoms with van der Waals surface area (Å²) in [6.45, 7) is 7.77. The third-order valence-corrected chi connectivity index (χ3v) is 9.07. The Morgan fingerprint density at radius 2 is 2.00 bits per heavy atom. The summed E-state index contributed by atoms with van der Waals surface area (Å²) in [5.74, 6) is 3.56. The first-order chi connectivity index (χ1) is 12.1. The van der Waals surface area contributed by atoms with Crippen LogP contribution in [0, 0.1) is 29.1 Å². The molecule has 1 saturated heterocycles. The molecule has 0 unspecified atom stereocenters. The second-order valence-corrected chi connectivity index (χ2v) is 9.42. The number of hydrogen-bond donors (Lipinski definition) is 0. The molecule has 0 aromatic heterocycles. The van der Waals surface area contributed by atoms with E-state index < -0.39 is 0 Å². The number of rotatable bonds is 1. The van der Waals surface area contributed by atoms with Gasteiger partial charge in [-0.3, -0.25) is 4.79 Å². The van der Waals surface area contributed by atoms with Gasteiger partial charge < -0.3 is 4.74 Å². The van der Waals surface area contributed by atoms with Crippen molar-refractivity contribution < 1.29 is 9.53 Å². The molecule has 5 rings (SSSR count). The highest BCUT2D eigenvalue weighted by Crippen LogP contribution is 2.69. The van der Waals surface area contributed by atoms with E-state index in [9.17, 15) is 4.79 Å². The standard InChI is InChI=1S/C23H32O2/c1-3-22-11-8-19-18-7-5-17(24)14-16(18)4-6-20(19)21(22)9-12-23(22)15(2)10-13-25-23/h14,18-21H,2-13H2,1H3/t18-,19+,20+,21-,22-,23-/m0/s1. The Labute approximate surface area is 152 Å². The van der Waals surface area contributed by atoms with Crippen LogP contribution in [-0.2, 0) is 9.53 Å². The van der Waals surface area contributed by atoms with Gasteiger partial charge in [0.2, 0.25) is 0 Å². The lowest BCUT2D eigenvalue weighted by molar-refractivity contribution is -0.125. The van der Waals surface area contributed by atoms with E-state index in [1.807, 2.05) is 6.08 Å². The van der Waals surface area contributed by atoms with E-state index in [-0.39, 0.29) is 5.60 Å². The fraction of sp³-hybridized carbons (Fsp3) is 0.783. The lowest BCUT2D eigenvalue weighted by atomic mass is 9.49. The first-order valence-electron chi connectivity index (χ1n) is 10.7. The molecule has 0 radical (unpaired) electrons. The molecule has 4 fully saturated rings. The summed E-state index contributed by atoms with van der Waals surface area (Å²) in [4.78, 5) is 11.9. The van der Waals surface area contributed by atoms with Crippen LogP contribution in [0.2, 0.25) is 0 Å². The molecule has 0 N–H and O–H groups in total. The van der Waals surface area contributed by atoms with Gasteiger partial charge in [-0.15, -0.1) is 0 Å². The highest BCUT2D eigenvalue weighted by Gasteiger charge is 2.66.